The Morgan fingerprint density at radius 1 is 1.00 bits per heavy atom. The van der Waals surface area contributed by atoms with E-state index < -0.39 is 0 Å². The number of hydrogen-bond acceptors (Lipinski definition) is 4. The number of carbonyl (C=O) groups is 1. The molecule has 0 spiro atoms. The number of hydrogen-bond donors (Lipinski definition) is 4. The lowest BCUT2D eigenvalue weighted by atomic mass is 9.95. The number of nitrogens with two attached hydrogens (primary N) is 1. The predicted octanol–water partition coefficient (Wildman–Crippen LogP) is 4.43. The molecule has 1 amide bonds. The normalized spacial score (nSPS) is 10.4. The van der Waals surface area contributed by atoms with Crippen molar-refractivity contribution in [1.29, 1.82) is 5.41 Å². The molecule has 0 atom stereocenters. The van der Waals surface area contributed by atoms with E-state index in [9.17, 15) is 9.18 Å². The van der Waals surface area contributed by atoms with Gasteiger partial charge in [-0.1, -0.05) is 6.07 Å². The van der Waals surface area contributed by atoms with Crippen LogP contribution >= 0.6 is 0 Å². The zero-order valence-electron chi connectivity index (χ0n) is 15.6. The van der Waals surface area contributed by atoms with Gasteiger partial charge in [0.05, 0.1) is 5.71 Å². The molecular formula is C22H21FN4O. The van der Waals surface area contributed by atoms with Gasteiger partial charge >= 0.3 is 0 Å². The van der Waals surface area contributed by atoms with Crippen LogP contribution in [0.25, 0.3) is 0 Å². The van der Waals surface area contributed by atoms with Crippen LogP contribution in [0, 0.1) is 18.2 Å². The number of benzene rings is 3. The first-order valence-electron chi connectivity index (χ1n) is 8.73. The van der Waals surface area contributed by atoms with E-state index in [0.29, 0.717) is 28.2 Å². The van der Waals surface area contributed by atoms with Crippen molar-refractivity contribution in [1.82, 2.24) is 0 Å². The second kappa shape index (κ2) is 7.92. The molecule has 0 radical (unpaired) electrons. The molecule has 0 saturated carbocycles. The van der Waals surface area contributed by atoms with Gasteiger partial charge in [0.2, 0.25) is 0 Å². The minimum Gasteiger partial charge on any atom is -0.399 e. The highest BCUT2D eigenvalue weighted by Gasteiger charge is 2.15. The predicted molar refractivity (Wildman–Crippen MR) is 112 cm³/mol. The van der Waals surface area contributed by atoms with Gasteiger partial charge in [0.25, 0.3) is 5.91 Å². The first-order valence-corrected chi connectivity index (χ1v) is 8.73. The number of amides is 1. The topological polar surface area (TPSA) is 91.0 Å². The van der Waals surface area contributed by atoms with Crippen molar-refractivity contribution in [3.05, 3.63) is 88.7 Å². The number of nitrogen functional groups attached to an aromatic ring is 1. The van der Waals surface area contributed by atoms with Crippen molar-refractivity contribution >= 4 is 28.7 Å². The summed E-state index contributed by atoms with van der Waals surface area (Å²) in [6, 6.07) is 16.0. The van der Waals surface area contributed by atoms with E-state index in [-0.39, 0.29) is 11.7 Å². The SMILES string of the molecule is CNc1ccc(C(=O)Nc2ccc(F)cc2)cc1C(=N)c1ccc(N)cc1C. The fraction of sp³-hybridized carbons (Fsp3) is 0.0909. The van der Waals surface area contributed by atoms with E-state index in [1.165, 1.54) is 24.3 Å². The summed E-state index contributed by atoms with van der Waals surface area (Å²) < 4.78 is 13.0. The summed E-state index contributed by atoms with van der Waals surface area (Å²) in [5.41, 5.74) is 10.6. The van der Waals surface area contributed by atoms with E-state index >= 15 is 0 Å². The van der Waals surface area contributed by atoms with Gasteiger partial charge in [-0.15, -0.1) is 0 Å². The summed E-state index contributed by atoms with van der Waals surface area (Å²) in [5, 5.41) is 14.4. The molecule has 0 bridgehead atoms. The van der Waals surface area contributed by atoms with E-state index in [0.717, 1.165) is 16.8 Å². The first kappa shape index (κ1) is 19.1. The standard InChI is InChI=1S/C22H21FN4O/c1-13-11-16(24)6-9-18(13)21(25)19-12-14(3-10-20(19)26-2)22(28)27-17-7-4-15(23)5-8-17/h3-12,25-26H,24H2,1-2H3,(H,27,28). The van der Waals surface area contributed by atoms with E-state index in [1.807, 2.05) is 13.0 Å². The zero-order valence-corrected chi connectivity index (χ0v) is 15.6. The maximum atomic E-state index is 13.0. The smallest absolute Gasteiger partial charge is 0.255 e. The third-order valence-electron chi connectivity index (χ3n) is 4.44. The number of nitrogens with one attached hydrogen (secondary N) is 3. The Hall–Kier alpha value is -3.67. The highest BCUT2D eigenvalue weighted by molar-refractivity contribution is 6.16. The Morgan fingerprint density at radius 3 is 2.36 bits per heavy atom. The maximum Gasteiger partial charge on any atom is 0.255 e. The molecule has 0 aromatic heterocycles. The van der Waals surface area contributed by atoms with E-state index in [4.69, 9.17) is 11.1 Å². The van der Waals surface area contributed by atoms with Gasteiger partial charge in [0.15, 0.2) is 0 Å². The summed E-state index contributed by atoms with van der Waals surface area (Å²) in [4.78, 5) is 12.6. The maximum absolute atomic E-state index is 13.0. The Balaban J connectivity index is 1.94. The number of aryl methyl sites for hydroxylation is 1. The molecule has 0 heterocycles. The molecule has 28 heavy (non-hydrogen) atoms. The second-order valence-electron chi connectivity index (χ2n) is 6.42. The monoisotopic (exact) mass is 376 g/mol. The Morgan fingerprint density at radius 2 is 1.71 bits per heavy atom. The fourth-order valence-electron chi connectivity index (χ4n) is 2.96. The van der Waals surface area contributed by atoms with Gasteiger partial charge in [-0.05, 0) is 67.1 Å². The third kappa shape index (κ3) is 4.01. The zero-order chi connectivity index (χ0) is 20.3. The minimum absolute atomic E-state index is 0.290. The molecule has 3 rings (SSSR count). The molecule has 0 aliphatic rings. The van der Waals surface area contributed by atoms with Gasteiger partial charge in [-0.3, -0.25) is 10.2 Å². The summed E-state index contributed by atoms with van der Waals surface area (Å²) in [7, 11) is 1.76. The number of halogens is 1. The summed E-state index contributed by atoms with van der Waals surface area (Å²) >= 11 is 0. The van der Waals surface area contributed by atoms with Gasteiger partial charge in [-0.25, -0.2) is 4.39 Å². The average Bonchev–Trinajstić information content (AvgIpc) is 2.68. The van der Waals surface area contributed by atoms with Crippen molar-refractivity contribution < 1.29 is 9.18 Å². The molecule has 0 unspecified atom stereocenters. The second-order valence-corrected chi connectivity index (χ2v) is 6.42. The summed E-state index contributed by atoms with van der Waals surface area (Å²) in [6.45, 7) is 1.89. The number of rotatable bonds is 5. The Kier molecular flexibility index (Phi) is 5.40. The molecule has 0 saturated heterocycles. The van der Waals surface area contributed by atoms with Crippen LogP contribution < -0.4 is 16.4 Å². The number of anilines is 3. The van der Waals surface area contributed by atoms with Gasteiger partial charge in [0, 0.05) is 40.8 Å². The lowest BCUT2D eigenvalue weighted by Gasteiger charge is -2.15. The van der Waals surface area contributed by atoms with Gasteiger partial charge < -0.3 is 16.4 Å². The number of carbonyl (C=O) groups excluding carboxylic acids is 1. The van der Waals surface area contributed by atoms with Crippen molar-refractivity contribution in [3.63, 3.8) is 0 Å². The van der Waals surface area contributed by atoms with Crippen LogP contribution in [0.15, 0.2) is 60.7 Å². The average molecular weight is 376 g/mol. The quantitative estimate of drug-likeness (QED) is 0.392. The molecule has 3 aromatic carbocycles. The van der Waals surface area contributed by atoms with E-state index in [1.54, 1.807) is 37.4 Å². The third-order valence-corrected chi connectivity index (χ3v) is 4.44. The fourth-order valence-corrected chi connectivity index (χ4v) is 2.96. The molecular weight excluding hydrogens is 355 g/mol. The molecule has 142 valence electrons. The van der Waals surface area contributed by atoms with Crippen LogP contribution in [-0.2, 0) is 0 Å². The highest BCUT2D eigenvalue weighted by Crippen LogP contribution is 2.24. The van der Waals surface area contributed by atoms with Crippen molar-refractivity contribution in [2.45, 2.75) is 6.92 Å². The Bertz CT molecular complexity index is 1040. The molecule has 0 aliphatic carbocycles. The lowest BCUT2D eigenvalue weighted by molar-refractivity contribution is 0.102. The van der Waals surface area contributed by atoms with Crippen LogP contribution in [0.1, 0.15) is 27.0 Å². The van der Waals surface area contributed by atoms with Crippen molar-refractivity contribution in [3.8, 4) is 0 Å². The molecule has 6 heteroatoms. The van der Waals surface area contributed by atoms with Crippen LogP contribution in [0.5, 0.6) is 0 Å². The summed E-state index contributed by atoms with van der Waals surface area (Å²) in [5.74, 6) is -0.705. The van der Waals surface area contributed by atoms with E-state index in [2.05, 4.69) is 10.6 Å². The Labute approximate surface area is 162 Å². The van der Waals surface area contributed by atoms with Crippen molar-refractivity contribution in [2.24, 2.45) is 0 Å². The molecule has 3 aromatic rings. The van der Waals surface area contributed by atoms with Crippen LogP contribution in [0.4, 0.5) is 21.5 Å². The first-order chi connectivity index (χ1) is 13.4. The molecule has 5 nitrogen and oxygen atoms in total. The van der Waals surface area contributed by atoms with Crippen LogP contribution in [-0.4, -0.2) is 18.7 Å². The van der Waals surface area contributed by atoms with Crippen LogP contribution in [0.3, 0.4) is 0 Å². The molecule has 5 N–H and O–H groups in total. The largest absolute Gasteiger partial charge is 0.399 e. The van der Waals surface area contributed by atoms with Crippen molar-refractivity contribution in [2.75, 3.05) is 23.4 Å². The molecule has 0 aliphatic heterocycles. The highest BCUT2D eigenvalue weighted by atomic mass is 19.1. The van der Waals surface area contributed by atoms with Gasteiger partial charge in [0.1, 0.15) is 5.82 Å². The molecule has 0 fully saturated rings. The van der Waals surface area contributed by atoms with Gasteiger partial charge in [-0.2, -0.15) is 0 Å². The van der Waals surface area contributed by atoms with Crippen LogP contribution in [0.2, 0.25) is 0 Å². The lowest BCUT2D eigenvalue weighted by Crippen LogP contribution is -2.14. The summed E-state index contributed by atoms with van der Waals surface area (Å²) in [6.07, 6.45) is 0. The minimum atomic E-state index is -0.369.